The van der Waals surface area contributed by atoms with Crippen molar-refractivity contribution in [2.45, 2.75) is 23.0 Å². The predicted octanol–water partition coefficient (Wildman–Crippen LogP) is 10.2. The summed E-state index contributed by atoms with van der Waals surface area (Å²) in [6.07, 6.45) is 0. The summed E-state index contributed by atoms with van der Waals surface area (Å²) in [5.41, 5.74) is 2.46. The van der Waals surface area contributed by atoms with Crippen LogP contribution < -0.4 is 10.8 Å². The normalized spacial score (nSPS) is 11.4. The molecular weight excluding hydrogens is 808 g/mol. The quantitative estimate of drug-likeness (QED) is 0.0501. The number of carbonyl (C=O) groups is 2. The molecule has 1 amide bonds. The molecule has 0 radical (unpaired) electrons. The van der Waals surface area contributed by atoms with Crippen LogP contribution >= 0.6 is 92.8 Å². The van der Waals surface area contributed by atoms with Crippen LogP contribution in [0.3, 0.4) is 0 Å². The van der Waals surface area contributed by atoms with Gasteiger partial charge in [0.15, 0.2) is 0 Å². The minimum absolute atomic E-state index is 0.0169. The number of rotatable bonds is 11. The Kier molecular flexibility index (Phi) is 12.4. The first-order chi connectivity index (χ1) is 22.1. The molecule has 0 spiro atoms. The first kappa shape index (κ1) is 37.6. The highest BCUT2D eigenvalue weighted by molar-refractivity contribution is 7.91. The van der Waals surface area contributed by atoms with Crippen LogP contribution in [0.25, 0.3) is 0 Å². The van der Waals surface area contributed by atoms with Gasteiger partial charge in [-0.2, -0.15) is 0 Å². The summed E-state index contributed by atoms with van der Waals surface area (Å²) in [7, 11) is -4.01. The molecule has 0 aliphatic carbocycles. The monoisotopic (exact) mass is 820 g/mol. The van der Waals surface area contributed by atoms with Crippen LogP contribution in [0, 0.1) is 0 Å². The number of carbonyl (C=O) groups excluding carboxylic acids is 1. The second-order valence-corrected chi connectivity index (χ2v) is 14.2. The Morgan fingerprint density at radius 3 is 1.51 bits per heavy atom. The van der Waals surface area contributed by atoms with E-state index in [9.17, 15) is 23.1 Å². The maximum absolute atomic E-state index is 13.3. The first-order valence-electron chi connectivity index (χ1n) is 12.4. The van der Waals surface area contributed by atoms with Crippen LogP contribution in [0.15, 0.2) is 58.3 Å². The smallest absolute Gasteiger partial charge is 0.338 e. The second kappa shape index (κ2) is 15.5. The van der Waals surface area contributed by atoms with Gasteiger partial charge in [-0.05, 0) is 48.5 Å². The van der Waals surface area contributed by atoms with E-state index in [1.54, 1.807) is 0 Å². The summed E-state index contributed by atoms with van der Waals surface area (Å²) in [4.78, 5) is 34.2. The predicted molar refractivity (Wildman–Crippen MR) is 182 cm³/mol. The number of sulfone groups is 1. The molecule has 4 rings (SSSR count). The molecule has 10 nitrogen and oxygen atoms in total. The Bertz CT molecular complexity index is 1990. The number of hydrogen-bond acceptors (Lipinski definition) is 8. The maximum atomic E-state index is 13.3. The number of amides is 1. The van der Waals surface area contributed by atoms with E-state index in [1.165, 1.54) is 48.5 Å². The van der Waals surface area contributed by atoms with E-state index in [4.69, 9.17) is 103 Å². The maximum Gasteiger partial charge on any atom is 0.338 e. The highest BCUT2D eigenvalue weighted by Gasteiger charge is 2.29. The average molecular weight is 824 g/mol. The van der Waals surface area contributed by atoms with E-state index in [0.717, 1.165) is 0 Å². The van der Waals surface area contributed by atoms with Crippen molar-refractivity contribution in [1.82, 2.24) is 0 Å². The molecule has 47 heavy (non-hydrogen) atoms. The van der Waals surface area contributed by atoms with Gasteiger partial charge in [-0.1, -0.05) is 92.8 Å². The van der Waals surface area contributed by atoms with Crippen molar-refractivity contribution in [2.75, 3.05) is 10.8 Å². The molecule has 0 aliphatic heterocycles. The van der Waals surface area contributed by atoms with E-state index < -0.39 is 42.9 Å². The van der Waals surface area contributed by atoms with Gasteiger partial charge < -0.3 is 10.4 Å². The van der Waals surface area contributed by atoms with Crippen LogP contribution in [0.1, 0.15) is 31.8 Å². The molecule has 0 saturated heterocycles. The number of anilines is 2. The van der Waals surface area contributed by atoms with Crippen molar-refractivity contribution in [1.29, 1.82) is 0 Å². The molecule has 0 aromatic heterocycles. The lowest BCUT2D eigenvalue weighted by Crippen LogP contribution is -2.18. The van der Waals surface area contributed by atoms with Crippen LogP contribution in [-0.4, -0.2) is 30.7 Å². The van der Waals surface area contributed by atoms with Gasteiger partial charge in [-0.25, -0.2) is 18.1 Å². The molecule has 0 atom stereocenters. The number of nitrogens with one attached hydrogen (secondary N) is 2. The average Bonchev–Trinajstić information content (AvgIpc) is 3.04. The van der Waals surface area contributed by atoms with Crippen molar-refractivity contribution in [3.8, 4) is 0 Å². The van der Waals surface area contributed by atoms with Crippen molar-refractivity contribution >= 4 is 126 Å². The molecule has 4 N–H and O–H groups in total. The summed E-state index contributed by atoms with van der Waals surface area (Å²) in [6.45, 7) is -0.543. The summed E-state index contributed by atoms with van der Waals surface area (Å²) in [6, 6.07) is 10.6. The number of aromatic carboxylic acids is 1. The Hall–Kier alpha value is -2.23. The van der Waals surface area contributed by atoms with Gasteiger partial charge in [0.05, 0.1) is 66.8 Å². The molecule has 4 aromatic rings. The minimum atomic E-state index is -4.01. The Morgan fingerprint density at radius 1 is 0.617 bits per heavy atom. The molecule has 0 heterocycles. The largest absolute Gasteiger partial charge is 0.478 e. The molecule has 0 aliphatic rings. The number of hydrogen-bond donors (Lipinski definition) is 4. The van der Waals surface area contributed by atoms with E-state index in [-0.39, 0.29) is 70.0 Å². The molecule has 0 saturated carbocycles. The topological polar surface area (TPSA) is 151 Å². The van der Waals surface area contributed by atoms with E-state index in [1.807, 2.05) is 0 Å². The fourth-order valence-corrected chi connectivity index (χ4v) is 7.39. The van der Waals surface area contributed by atoms with E-state index in [0.29, 0.717) is 5.69 Å². The summed E-state index contributed by atoms with van der Waals surface area (Å²) in [5, 5.41) is 19.4. The van der Waals surface area contributed by atoms with Crippen molar-refractivity contribution in [3.63, 3.8) is 0 Å². The highest BCUT2D eigenvalue weighted by Crippen LogP contribution is 2.43. The molecule has 19 heteroatoms. The number of carboxylic acid groups (broad SMARTS) is 1. The fraction of sp³-hybridized carbons (Fsp3) is 0.0714. The van der Waals surface area contributed by atoms with Crippen LogP contribution in [-0.2, 0) is 32.8 Å². The molecule has 0 unspecified atom stereocenters. The number of benzene rings is 4. The van der Waals surface area contributed by atoms with Gasteiger partial charge in [0, 0.05) is 16.8 Å². The minimum Gasteiger partial charge on any atom is -0.478 e. The highest BCUT2D eigenvalue weighted by atomic mass is 35.5. The molecule has 0 fully saturated rings. The van der Waals surface area contributed by atoms with Gasteiger partial charge in [-0.3, -0.25) is 20.4 Å². The second-order valence-electron chi connectivity index (χ2n) is 9.19. The SMILES string of the molecule is O=C(O)c1c(Cl)c(Cl)c(Cl)c(Cl)c1C(=O)Nc1ccc(S(=O)(=O)c2ccc(NOCc3c(Cl)c(Cl)c(Cl)c(Cl)c3COO)cc2)cc1. The summed E-state index contributed by atoms with van der Waals surface area (Å²) >= 11 is 48.7. The van der Waals surface area contributed by atoms with Crippen LogP contribution in [0.4, 0.5) is 11.4 Å². The van der Waals surface area contributed by atoms with Gasteiger partial charge in [0.1, 0.15) is 13.2 Å². The lowest BCUT2D eigenvalue weighted by molar-refractivity contribution is -0.253. The Balaban J connectivity index is 1.47. The Labute approximate surface area is 306 Å². The molecule has 0 bridgehead atoms. The van der Waals surface area contributed by atoms with Crippen molar-refractivity contribution in [3.05, 3.63) is 111 Å². The Morgan fingerprint density at radius 2 is 1.04 bits per heavy atom. The van der Waals surface area contributed by atoms with Crippen LogP contribution in [0.5, 0.6) is 0 Å². The molecule has 4 aromatic carbocycles. The first-order valence-corrected chi connectivity index (χ1v) is 17.0. The zero-order valence-electron chi connectivity index (χ0n) is 22.8. The zero-order chi connectivity index (χ0) is 34.8. The van der Waals surface area contributed by atoms with Crippen LogP contribution in [0.2, 0.25) is 40.2 Å². The van der Waals surface area contributed by atoms with Gasteiger partial charge >= 0.3 is 5.97 Å². The van der Waals surface area contributed by atoms with Crippen molar-refractivity contribution in [2.24, 2.45) is 0 Å². The third kappa shape index (κ3) is 7.83. The standard InChI is InChI=1S/C28H16Cl8N2O8S/c29-19-15(16(10-46-42)20(30)24(34)23(19)33)9-45-38-12-3-7-14(8-4-12)47(43,44)13-5-1-11(2-6-13)37-27(39)17-18(28(40)41)22(32)26(36)25(35)21(17)31/h1-8,38,42H,9-10H2,(H,37,39)(H,40,41). The van der Waals surface area contributed by atoms with Crippen molar-refractivity contribution < 1.29 is 38.1 Å². The zero-order valence-corrected chi connectivity index (χ0v) is 29.7. The lowest BCUT2D eigenvalue weighted by atomic mass is 10.1. The number of halogens is 8. The fourth-order valence-electron chi connectivity index (χ4n) is 4.07. The molecular formula is C28H16Cl8N2O8S. The summed E-state index contributed by atoms with van der Waals surface area (Å²) in [5.74, 6) is -2.55. The number of carboxylic acids is 1. The van der Waals surface area contributed by atoms with E-state index >= 15 is 0 Å². The summed E-state index contributed by atoms with van der Waals surface area (Å²) < 4.78 is 26.5. The van der Waals surface area contributed by atoms with Gasteiger partial charge in [-0.15, -0.1) is 0 Å². The molecule has 248 valence electrons. The third-order valence-corrected chi connectivity index (χ3v) is 11.9. The lowest BCUT2D eigenvalue weighted by Gasteiger charge is -2.16. The van der Waals surface area contributed by atoms with Gasteiger partial charge in [0.25, 0.3) is 5.91 Å². The van der Waals surface area contributed by atoms with E-state index in [2.05, 4.69) is 15.7 Å². The third-order valence-electron chi connectivity index (χ3n) is 6.38. The van der Waals surface area contributed by atoms with Gasteiger partial charge in [0.2, 0.25) is 9.84 Å².